The molecule has 1 aromatic heterocycles. The minimum atomic E-state index is -0.0326. The quantitative estimate of drug-likeness (QED) is 0.796. The summed E-state index contributed by atoms with van der Waals surface area (Å²) in [6, 6.07) is -0.0326. The fourth-order valence-corrected chi connectivity index (χ4v) is 1.60. The average Bonchev–Trinajstić information content (AvgIpc) is 2.50. The summed E-state index contributed by atoms with van der Waals surface area (Å²) in [6.07, 6.45) is 0.977. The summed E-state index contributed by atoms with van der Waals surface area (Å²) in [7, 11) is 0. The molecule has 0 radical (unpaired) electrons. The molecule has 0 unspecified atom stereocenters. The zero-order valence-electron chi connectivity index (χ0n) is 9.04. The highest BCUT2D eigenvalue weighted by molar-refractivity contribution is 5.74. The largest absolute Gasteiger partial charge is 0.444 e. The molecule has 5 heteroatoms. The highest BCUT2D eigenvalue weighted by atomic mass is 16.4. The molecular weight excluding hydrogens is 194 g/mol. The highest BCUT2D eigenvalue weighted by Gasteiger charge is 2.19. The van der Waals surface area contributed by atoms with Gasteiger partial charge < -0.3 is 14.6 Å². The normalized spacial score (nSPS) is 16.7. The molecule has 0 spiro atoms. The van der Waals surface area contributed by atoms with Gasteiger partial charge in [-0.2, -0.15) is 0 Å². The number of hydrogen-bond acceptors (Lipinski definition) is 3. The zero-order valence-corrected chi connectivity index (χ0v) is 9.04. The van der Waals surface area contributed by atoms with E-state index >= 15 is 0 Å². The van der Waals surface area contributed by atoms with Crippen LogP contribution >= 0.6 is 0 Å². The van der Waals surface area contributed by atoms with Gasteiger partial charge in [-0.25, -0.2) is 9.78 Å². The van der Waals surface area contributed by atoms with Crippen LogP contribution in [0.1, 0.15) is 23.8 Å². The van der Waals surface area contributed by atoms with Gasteiger partial charge in [-0.1, -0.05) is 0 Å². The Balaban J connectivity index is 2.04. The molecule has 0 aromatic carbocycles. The molecule has 2 rings (SSSR count). The molecule has 1 N–H and O–H groups in total. The van der Waals surface area contributed by atoms with Crippen molar-refractivity contribution in [1.29, 1.82) is 0 Å². The Bertz CT molecular complexity index is 353. The van der Waals surface area contributed by atoms with Gasteiger partial charge in [0, 0.05) is 13.1 Å². The van der Waals surface area contributed by atoms with Crippen molar-refractivity contribution in [2.45, 2.75) is 26.8 Å². The van der Waals surface area contributed by atoms with Crippen LogP contribution in [-0.2, 0) is 6.54 Å². The second kappa shape index (κ2) is 3.92. The molecule has 2 heterocycles. The maximum absolute atomic E-state index is 11.4. The van der Waals surface area contributed by atoms with Crippen molar-refractivity contribution in [1.82, 2.24) is 15.2 Å². The van der Waals surface area contributed by atoms with Crippen molar-refractivity contribution in [3.8, 4) is 0 Å². The Morgan fingerprint density at radius 2 is 2.33 bits per heavy atom. The first-order chi connectivity index (χ1) is 7.16. The third-order valence-electron chi connectivity index (χ3n) is 2.57. The second-order valence-corrected chi connectivity index (χ2v) is 3.76. The predicted molar refractivity (Wildman–Crippen MR) is 54.4 cm³/mol. The van der Waals surface area contributed by atoms with E-state index < -0.39 is 0 Å². The number of carbonyl (C=O) groups excluding carboxylic acids is 1. The van der Waals surface area contributed by atoms with Crippen LogP contribution in [0, 0.1) is 13.8 Å². The van der Waals surface area contributed by atoms with Gasteiger partial charge in [0.15, 0.2) is 0 Å². The lowest BCUT2D eigenvalue weighted by molar-refractivity contribution is 0.177. The Morgan fingerprint density at radius 3 is 2.93 bits per heavy atom. The van der Waals surface area contributed by atoms with Gasteiger partial charge in [-0.3, -0.25) is 0 Å². The van der Waals surface area contributed by atoms with Gasteiger partial charge in [-0.15, -0.1) is 0 Å². The minimum Gasteiger partial charge on any atom is -0.444 e. The molecule has 2 amide bonds. The maximum atomic E-state index is 11.4. The third-order valence-corrected chi connectivity index (χ3v) is 2.57. The van der Waals surface area contributed by atoms with Crippen molar-refractivity contribution in [3.05, 3.63) is 17.3 Å². The fraction of sp³-hybridized carbons (Fsp3) is 0.600. The summed E-state index contributed by atoms with van der Waals surface area (Å²) >= 11 is 0. The van der Waals surface area contributed by atoms with Crippen LogP contribution in [0.3, 0.4) is 0 Å². The lowest BCUT2D eigenvalue weighted by Gasteiger charge is -2.25. The average molecular weight is 209 g/mol. The minimum absolute atomic E-state index is 0.0326. The first kappa shape index (κ1) is 10.0. The third kappa shape index (κ3) is 2.11. The van der Waals surface area contributed by atoms with E-state index in [2.05, 4.69) is 10.3 Å². The van der Waals surface area contributed by atoms with Crippen molar-refractivity contribution in [2.75, 3.05) is 13.1 Å². The molecular formula is C10H15N3O2. The first-order valence-corrected chi connectivity index (χ1v) is 5.12. The van der Waals surface area contributed by atoms with Crippen molar-refractivity contribution in [3.63, 3.8) is 0 Å². The molecule has 1 saturated heterocycles. The smallest absolute Gasteiger partial charge is 0.317 e. The standard InChI is InChI=1S/C10H15N3O2/c1-7-8(2)15-9(12-7)6-13-5-3-4-11-10(13)14/h3-6H2,1-2H3,(H,11,14). The van der Waals surface area contributed by atoms with Crippen LogP contribution in [0.25, 0.3) is 0 Å². The number of urea groups is 1. The maximum Gasteiger partial charge on any atom is 0.317 e. The van der Waals surface area contributed by atoms with Gasteiger partial charge in [0.05, 0.1) is 12.2 Å². The van der Waals surface area contributed by atoms with E-state index in [0.717, 1.165) is 31.0 Å². The van der Waals surface area contributed by atoms with Gasteiger partial charge >= 0.3 is 6.03 Å². The molecule has 15 heavy (non-hydrogen) atoms. The molecule has 0 bridgehead atoms. The van der Waals surface area contributed by atoms with Crippen molar-refractivity contribution < 1.29 is 9.21 Å². The summed E-state index contributed by atoms with van der Waals surface area (Å²) in [4.78, 5) is 17.4. The summed E-state index contributed by atoms with van der Waals surface area (Å²) in [5.41, 5.74) is 0.891. The second-order valence-electron chi connectivity index (χ2n) is 3.76. The van der Waals surface area contributed by atoms with Crippen LogP contribution in [0.5, 0.6) is 0 Å². The molecule has 82 valence electrons. The number of aromatic nitrogens is 1. The monoisotopic (exact) mass is 209 g/mol. The van der Waals surface area contributed by atoms with Gasteiger partial charge in [0.2, 0.25) is 5.89 Å². The Morgan fingerprint density at radius 1 is 1.53 bits per heavy atom. The molecule has 5 nitrogen and oxygen atoms in total. The van der Waals surface area contributed by atoms with Crippen LogP contribution in [0.15, 0.2) is 4.42 Å². The summed E-state index contributed by atoms with van der Waals surface area (Å²) in [5.74, 6) is 1.43. The van der Waals surface area contributed by atoms with E-state index in [1.54, 1.807) is 4.90 Å². The summed E-state index contributed by atoms with van der Waals surface area (Å²) in [5, 5.41) is 2.79. The number of nitrogens with zero attached hydrogens (tertiary/aromatic N) is 2. The van der Waals surface area contributed by atoms with Crippen LogP contribution < -0.4 is 5.32 Å². The molecule has 1 fully saturated rings. The van der Waals surface area contributed by atoms with E-state index in [-0.39, 0.29) is 6.03 Å². The van der Waals surface area contributed by atoms with Crippen molar-refractivity contribution >= 4 is 6.03 Å². The lowest BCUT2D eigenvalue weighted by atomic mass is 10.3. The number of oxazole rings is 1. The molecule has 0 aliphatic carbocycles. The van der Waals surface area contributed by atoms with Crippen LogP contribution in [0.4, 0.5) is 4.79 Å². The van der Waals surface area contributed by atoms with E-state index in [9.17, 15) is 4.79 Å². The molecule has 1 aliphatic heterocycles. The van der Waals surface area contributed by atoms with Gasteiger partial charge in [0.25, 0.3) is 0 Å². The highest BCUT2D eigenvalue weighted by Crippen LogP contribution is 2.11. The van der Waals surface area contributed by atoms with Gasteiger partial charge in [-0.05, 0) is 20.3 Å². The van der Waals surface area contributed by atoms with E-state index in [4.69, 9.17) is 4.42 Å². The number of amides is 2. The summed E-state index contributed by atoms with van der Waals surface area (Å²) in [6.45, 7) is 5.77. The molecule has 1 aliphatic rings. The Hall–Kier alpha value is -1.52. The predicted octanol–water partition coefficient (Wildman–Crippen LogP) is 1.21. The number of aryl methyl sites for hydroxylation is 2. The topological polar surface area (TPSA) is 58.4 Å². The first-order valence-electron chi connectivity index (χ1n) is 5.12. The van der Waals surface area contributed by atoms with E-state index in [1.807, 2.05) is 13.8 Å². The molecule has 1 aromatic rings. The van der Waals surface area contributed by atoms with E-state index in [0.29, 0.717) is 12.4 Å². The van der Waals surface area contributed by atoms with Crippen molar-refractivity contribution in [2.24, 2.45) is 0 Å². The number of carbonyl (C=O) groups is 1. The molecule has 0 saturated carbocycles. The molecule has 0 atom stereocenters. The Labute approximate surface area is 88.5 Å². The Kier molecular flexibility index (Phi) is 2.62. The summed E-state index contributed by atoms with van der Waals surface area (Å²) < 4.78 is 5.43. The van der Waals surface area contributed by atoms with E-state index in [1.165, 1.54) is 0 Å². The van der Waals surface area contributed by atoms with Crippen LogP contribution in [-0.4, -0.2) is 29.0 Å². The fourth-order valence-electron chi connectivity index (χ4n) is 1.60. The number of hydrogen-bond donors (Lipinski definition) is 1. The van der Waals surface area contributed by atoms with Gasteiger partial charge in [0.1, 0.15) is 5.76 Å². The zero-order chi connectivity index (χ0) is 10.8. The number of nitrogens with one attached hydrogen (secondary N) is 1. The SMILES string of the molecule is Cc1nc(CN2CCCNC2=O)oc1C. The number of rotatable bonds is 2. The lowest BCUT2D eigenvalue weighted by Crippen LogP contribution is -2.45. The van der Waals surface area contributed by atoms with Crippen LogP contribution in [0.2, 0.25) is 0 Å².